The van der Waals surface area contributed by atoms with Gasteiger partial charge in [0.2, 0.25) is 5.13 Å². The molecule has 2 aromatic carbocycles. The first-order valence-electron chi connectivity index (χ1n) is 9.71. The Labute approximate surface area is 183 Å². The number of thiazole rings is 1. The molecule has 3 heterocycles. The van der Waals surface area contributed by atoms with Crippen LogP contribution in [0.25, 0.3) is 10.2 Å². The van der Waals surface area contributed by atoms with E-state index in [1.807, 2.05) is 18.4 Å². The van der Waals surface area contributed by atoms with Crippen molar-refractivity contribution in [3.8, 4) is 0 Å². The fourth-order valence-corrected chi connectivity index (χ4v) is 6.55. The van der Waals surface area contributed by atoms with Gasteiger partial charge in [0.05, 0.1) is 10.2 Å². The number of aryl methyl sites for hydroxylation is 1. The van der Waals surface area contributed by atoms with E-state index >= 15 is 0 Å². The van der Waals surface area contributed by atoms with Gasteiger partial charge in [0.25, 0.3) is 10.1 Å². The third-order valence-corrected chi connectivity index (χ3v) is 8.14. The minimum Gasteiger partial charge on any atom is -0.371 e. The van der Waals surface area contributed by atoms with Crippen molar-refractivity contribution in [1.82, 2.24) is 4.98 Å². The minimum atomic E-state index is -4.44. The molecular weight excluding hydrogens is 440 g/mol. The predicted octanol–water partition coefficient (Wildman–Crippen LogP) is 5.38. The number of benzene rings is 2. The lowest BCUT2D eigenvalue weighted by Crippen LogP contribution is -2.35. The Morgan fingerprint density at radius 3 is 2.73 bits per heavy atom. The predicted molar refractivity (Wildman–Crippen MR) is 121 cm³/mol. The molecule has 1 N–H and O–H groups in total. The van der Waals surface area contributed by atoms with Crippen molar-refractivity contribution in [3.05, 3.63) is 35.4 Å². The van der Waals surface area contributed by atoms with E-state index in [0.717, 1.165) is 58.7 Å². The second-order valence-electron chi connectivity index (χ2n) is 7.41. The van der Waals surface area contributed by atoms with Gasteiger partial charge in [0.1, 0.15) is 10.6 Å². The van der Waals surface area contributed by atoms with Crippen LogP contribution < -0.4 is 4.90 Å². The van der Waals surface area contributed by atoms with E-state index in [1.165, 1.54) is 11.3 Å². The Hall–Kier alpha value is -2.01. The molecule has 0 saturated heterocycles. The van der Waals surface area contributed by atoms with E-state index in [1.54, 1.807) is 17.8 Å². The number of azo groups is 1. The zero-order valence-electron chi connectivity index (χ0n) is 16.3. The average molecular weight is 461 g/mol. The molecule has 7 nitrogen and oxygen atoms in total. The van der Waals surface area contributed by atoms with Crippen LogP contribution in [-0.2, 0) is 23.0 Å². The highest BCUT2D eigenvalue weighted by Crippen LogP contribution is 2.44. The van der Waals surface area contributed by atoms with Gasteiger partial charge in [0.15, 0.2) is 0 Å². The Bertz CT molecular complexity index is 1280. The maximum Gasteiger partial charge on any atom is 0.297 e. The molecule has 10 heteroatoms. The largest absolute Gasteiger partial charge is 0.371 e. The molecule has 0 amide bonds. The number of hydrogen-bond donors (Lipinski definition) is 1. The van der Waals surface area contributed by atoms with Gasteiger partial charge < -0.3 is 4.90 Å². The normalized spacial score (nSPS) is 16.4. The number of nitrogens with zero attached hydrogens (tertiary/aromatic N) is 4. The molecule has 0 spiro atoms. The van der Waals surface area contributed by atoms with Gasteiger partial charge in [-0.3, -0.25) is 4.55 Å². The maximum atomic E-state index is 12.3. The summed E-state index contributed by atoms with van der Waals surface area (Å²) in [5, 5.41) is 8.95. The molecule has 5 rings (SSSR count). The van der Waals surface area contributed by atoms with Crippen molar-refractivity contribution in [2.75, 3.05) is 24.2 Å². The first kappa shape index (κ1) is 19.9. The van der Waals surface area contributed by atoms with Gasteiger partial charge >= 0.3 is 0 Å². The van der Waals surface area contributed by atoms with Gasteiger partial charge in [-0.1, -0.05) is 11.3 Å². The molecule has 0 aliphatic carbocycles. The average Bonchev–Trinajstić information content (AvgIpc) is 3.13. The summed E-state index contributed by atoms with van der Waals surface area (Å²) in [6, 6.07) is 7.77. The molecule has 2 aliphatic rings. The van der Waals surface area contributed by atoms with Crippen molar-refractivity contribution < 1.29 is 13.0 Å². The monoisotopic (exact) mass is 460 g/mol. The van der Waals surface area contributed by atoms with Crippen LogP contribution in [0.2, 0.25) is 0 Å². The maximum absolute atomic E-state index is 12.3. The fourth-order valence-electron chi connectivity index (χ4n) is 4.34. The summed E-state index contributed by atoms with van der Waals surface area (Å²) in [4.78, 5) is 7.73. The lowest BCUT2D eigenvalue weighted by atomic mass is 9.91. The Balaban J connectivity index is 1.62. The highest BCUT2D eigenvalue weighted by molar-refractivity contribution is 7.98. The summed E-state index contributed by atoms with van der Waals surface area (Å²) in [5.41, 5.74) is 3.73. The molecule has 0 radical (unpaired) electrons. The van der Waals surface area contributed by atoms with Gasteiger partial charge in [-0.25, -0.2) is 4.98 Å². The summed E-state index contributed by atoms with van der Waals surface area (Å²) >= 11 is 3.06. The van der Waals surface area contributed by atoms with E-state index in [2.05, 4.69) is 26.2 Å². The zero-order valence-corrected chi connectivity index (χ0v) is 18.8. The number of rotatable bonds is 4. The summed E-state index contributed by atoms with van der Waals surface area (Å²) in [6.07, 6.45) is 5.36. The van der Waals surface area contributed by atoms with E-state index in [9.17, 15) is 13.0 Å². The standard InChI is InChI=1S/C20H20N4O3S3/c1-28-13-6-7-15-17(11-13)29-20(21-15)23-22-16-10-12-4-2-8-24-9-3-5-14(18(12)24)19(16)30(25,26)27/h6-7,10-11H,2-5,8-9H2,1H3,(H,25,26,27). The molecule has 30 heavy (non-hydrogen) atoms. The molecule has 156 valence electrons. The zero-order chi connectivity index (χ0) is 20.9. The van der Waals surface area contributed by atoms with E-state index < -0.39 is 10.1 Å². The van der Waals surface area contributed by atoms with E-state index in [0.29, 0.717) is 17.1 Å². The second-order valence-corrected chi connectivity index (χ2v) is 10.7. The van der Waals surface area contributed by atoms with E-state index in [-0.39, 0.29) is 10.6 Å². The van der Waals surface area contributed by atoms with Crippen molar-refractivity contribution in [2.24, 2.45) is 10.2 Å². The SMILES string of the molecule is CSc1ccc2nc(N=Nc3cc4c5c(c3S(=O)(=O)O)CCCN5CCC4)sc2c1. The molecule has 0 fully saturated rings. The molecule has 0 atom stereocenters. The third-order valence-electron chi connectivity index (χ3n) is 5.54. The quantitative estimate of drug-likeness (QED) is 0.319. The van der Waals surface area contributed by atoms with Crippen LogP contribution in [0.4, 0.5) is 16.5 Å². The topological polar surface area (TPSA) is 95.2 Å². The molecule has 2 aliphatic heterocycles. The van der Waals surface area contributed by atoms with Crippen molar-refractivity contribution in [2.45, 2.75) is 35.5 Å². The van der Waals surface area contributed by atoms with Crippen molar-refractivity contribution >= 4 is 59.9 Å². The van der Waals surface area contributed by atoms with Crippen molar-refractivity contribution in [1.29, 1.82) is 0 Å². The number of hydrogen-bond acceptors (Lipinski definition) is 8. The highest BCUT2D eigenvalue weighted by atomic mass is 32.2. The molecule has 0 unspecified atom stereocenters. The summed E-state index contributed by atoms with van der Waals surface area (Å²) in [7, 11) is -4.44. The van der Waals surface area contributed by atoms with Gasteiger partial charge in [-0.15, -0.1) is 22.0 Å². The van der Waals surface area contributed by atoms with Crippen LogP contribution >= 0.6 is 23.1 Å². The minimum absolute atomic E-state index is 0.109. The van der Waals surface area contributed by atoms with Crippen LogP contribution in [0, 0.1) is 0 Å². The van der Waals surface area contributed by atoms with Crippen LogP contribution in [0.1, 0.15) is 24.0 Å². The molecule has 1 aromatic heterocycles. The second kappa shape index (κ2) is 7.60. The summed E-state index contributed by atoms with van der Waals surface area (Å²) < 4.78 is 35.6. The number of aromatic nitrogens is 1. The summed E-state index contributed by atoms with van der Waals surface area (Å²) in [6.45, 7) is 1.82. The van der Waals surface area contributed by atoms with Gasteiger partial charge in [0, 0.05) is 23.7 Å². The molecule has 0 saturated carbocycles. The van der Waals surface area contributed by atoms with Crippen molar-refractivity contribution in [3.63, 3.8) is 0 Å². The molecular formula is C20H20N4O3S3. The van der Waals surface area contributed by atoms with Gasteiger partial charge in [-0.05, 0) is 67.3 Å². The summed E-state index contributed by atoms with van der Waals surface area (Å²) in [5.74, 6) is 0. The Kier molecular flexibility index (Phi) is 5.04. The van der Waals surface area contributed by atoms with Crippen LogP contribution in [-0.4, -0.2) is 37.3 Å². The van der Waals surface area contributed by atoms with Crippen LogP contribution in [0.3, 0.4) is 0 Å². The molecule has 0 bridgehead atoms. The first-order valence-corrected chi connectivity index (χ1v) is 13.2. The van der Waals surface area contributed by atoms with Gasteiger partial charge in [-0.2, -0.15) is 8.42 Å². The lowest BCUT2D eigenvalue weighted by molar-refractivity contribution is 0.481. The Morgan fingerprint density at radius 1 is 1.17 bits per heavy atom. The number of fused-ring (bicyclic) bond motifs is 1. The first-order chi connectivity index (χ1) is 14.4. The van der Waals surface area contributed by atoms with Crippen LogP contribution in [0.15, 0.2) is 44.3 Å². The fraction of sp³-hybridized carbons (Fsp3) is 0.350. The number of thioether (sulfide) groups is 1. The molecule has 3 aromatic rings. The lowest BCUT2D eigenvalue weighted by Gasteiger charge is -2.37. The van der Waals surface area contributed by atoms with Crippen LogP contribution in [0.5, 0.6) is 0 Å². The van der Waals surface area contributed by atoms with E-state index in [4.69, 9.17) is 0 Å². The highest BCUT2D eigenvalue weighted by Gasteiger charge is 2.32. The third kappa shape index (κ3) is 3.51. The number of anilines is 1. The smallest absolute Gasteiger partial charge is 0.297 e. The Morgan fingerprint density at radius 2 is 1.97 bits per heavy atom.